The first-order valence-corrected chi connectivity index (χ1v) is 8.90. The largest absolute Gasteiger partial charge is 0.392 e. The van der Waals surface area contributed by atoms with E-state index in [-0.39, 0.29) is 6.61 Å². The predicted octanol–water partition coefficient (Wildman–Crippen LogP) is 5.65. The molecule has 0 aliphatic heterocycles. The molecule has 0 unspecified atom stereocenters. The Hall–Kier alpha value is -3.16. The Morgan fingerprint density at radius 2 is 1.23 bits per heavy atom. The van der Waals surface area contributed by atoms with Gasteiger partial charge in [-0.2, -0.15) is 0 Å². The van der Waals surface area contributed by atoms with Gasteiger partial charge in [-0.15, -0.1) is 0 Å². The van der Waals surface area contributed by atoms with E-state index >= 15 is 0 Å². The van der Waals surface area contributed by atoms with Crippen molar-refractivity contribution in [2.75, 3.05) is 0 Å². The quantitative estimate of drug-likeness (QED) is 0.452. The van der Waals surface area contributed by atoms with Crippen molar-refractivity contribution in [2.45, 2.75) is 6.61 Å². The third kappa shape index (κ3) is 2.15. The second-order valence-corrected chi connectivity index (χ2v) is 6.64. The minimum absolute atomic E-state index is 0.0397. The van der Waals surface area contributed by atoms with Crippen molar-refractivity contribution in [1.82, 2.24) is 0 Å². The van der Waals surface area contributed by atoms with E-state index in [0.29, 0.717) is 0 Å². The van der Waals surface area contributed by atoms with Crippen molar-refractivity contribution < 1.29 is 5.11 Å². The van der Waals surface area contributed by atoms with E-state index in [1.165, 1.54) is 44.2 Å². The summed E-state index contributed by atoms with van der Waals surface area (Å²) in [7, 11) is 0. The summed E-state index contributed by atoms with van der Waals surface area (Å²) in [4.78, 5) is 0. The molecule has 0 spiro atoms. The standard InChI is InChI=1S/C25H18O/c26-16-20-15-14-19-12-7-13-21-22(17-8-3-1-4-9-17)24(25(20)23(19)21)18-10-5-2-6-11-18/h1-15,26H,16H2. The molecule has 0 fully saturated rings. The summed E-state index contributed by atoms with van der Waals surface area (Å²) in [6, 6.07) is 31.7. The highest BCUT2D eigenvalue weighted by atomic mass is 16.3. The lowest BCUT2D eigenvalue weighted by Gasteiger charge is -2.13. The van der Waals surface area contributed by atoms with Crippen LogP contribution in [-0.4, -0.2) is 5.11 Å². The maximum Gasteiger partial charge on any atom is 0.0688 e. The Bertz CT molecular complexity index is 1140. The molecule has 0 atom stereocenters. The van der Waals surface area contributed by atoms with Crippen LogP contribution >= 0.6 is 0 Å². The molecule has 0 saturated carbocycles. The predicted molar refractivity (Wildman–Crippen MR) is 108 cm³/mol. The van der Waals surface area contributed by atoms with Gasteiger partial charge in [-0.1, -0.05) is 91.0 Å². The lowest BCUT2D eigenvalue weighted by Crippen LogP contribution is -1.95. The maximum absolute atomic E-state index is 10.0. The summed E-state index contributed by atoms with van der Waals surface area (Å²) in [6.07, 6.45) is 0. The highest BCUT2D eigenvalue weighted by Crippen LogP contribution is 2.49. The normalized spacial score (nSPS) is 12.8. The van der Waals surface area contributed by atoms with Crippen LogP contribution in [0.2, 0.25) is 0 Å². The first-order valence-electron chi connectivity index (χ1n) is 8.90. The average Bonchev–Trinajstić information content (AvgIpc) is 3.07. The lowest BCUT2D eigenvalue weighted by molar-refractivity contribution is 0.281. The van der Waals surface area contributed by atoms with Crippen LogP contribution in [0.15, 0.2) is 91.0 Å². The Balaban J connectivity index is 1.96. The monoisotopic (exact) mass is 334 g/mol. The molecule has 0 radical (unpaired) electrons. The smallest absolute Gasteiger partial charge is 0.0688 e. The van der Waals surface area contributed by atoms with Crippen LogP contribution in [0.3, 0.4) is 0 Å². The molecule has 1 aliphatic carbocycles. The molecule has 0 aromatic heterocycles. The lowest BCUT2D eigenvalue weighted by atomic mass is 9.91. The van der Waals surface area contributed by atoms with E-state index in [1.54, 1.807) is 0 Å². The zero-order valence-electron chi connectivity index (χ0n) is 14.3. The molecule has 1 heteroatoms. The first kappa shape index (κ1) is 15.1. The fourth-order valence-corrected chi connectivity index (χ4v) is 4.11. The zero-order chi connectivity index (χ0) is 17.5. The van der Waals surface area contributed by atoms with Crippen molar-refractivity contribution in [2.24, 2.45) is 0 Å². The molecule has 1 N–H and O–H groups in total. The number of aliphatic hydroxyl groups excluding tert-OH is 1. The Labute approximate surface area is 152 Å². The van der Waals surface area contributed by atoms with Gasteiger partial charge in [-0.3, -0.25) is 0 Å². The van der Waals surface area contributed by atoms with Gasteiger partial charge in [0.1, 0.15) is 0 Å². The van der Waals surface area contributed by atoms with Gasteiger partial charge in [-0.25, -0.2) is 0 Å². The molecular weight excluding hydrogens is 316 g/mol. The van der Waals surface area contributed by atoms with Gasteiger partial charge in [-0.05, 0) is 49.7 Å². The highest BCUT2D eigenvalue weighted by molar-refractivity contribution is 6.21. The van der Waals surface area contributed by atoms with E-state index in [9.17, 15) is 5.11 Å². The van der Waals surface area contributed by atoms with Gasteiger partial charge in [0.05, 0.1) is 6.61 Å². The van der Waals surface area contributed by atoms with Crippen LogP contribution in [0, 0.1) is 0 Å². The van der Waals surface area contributed by atoms with Crippen LogP contribution in [0.5, 0.6) is 0 Å². The molecule has 4 aromatic rings. The fraction of sp³-hybridized carbons (Fsp3) is 0.0400. The van der Waals surface area contributed by atoms with Crippen LogP contribution in [0.1, 0.15) is 27.8 Å². The summed E-state index contributed by atoms with van der Waals surface area (Å²) < 4.78 is 0. The van der Waals surface area contributed by atoms with Gasteiger partial charge < -0.3 is 5.11 Å². The minimum atomic E-state index is 0.0397. The van der Waals surface area contributed by atoms with Crippen molar-refractivity contribution >= 4 is 21.9 Å². The van der Waals surface area contributed by atoms with E-state index in [2.05, 4.69) is 78.9 Å². The number of benzene rings is 4. The fourth-order valence-electron chi connectivity index (χ4n) is 4.11. The summed E-state index contributed by atoms with van der Waals surface area (Å²) in [5.41, 5.74) is 8.26. The van der Waals surface area contributed by atoms with Gasteiger partial charge in [0.15, 0.2) is 0 Å². The number of rotatable bonds is 3. The van der Waals surface area contributed by atoms with Crippen LogP contribution in [0.25, 0.3) is 21.9 Å². The van der Waals surface area contributed by atoms with Gasteiger partial charge >= 0.3 is 0 Å². The molecule has 1 nitrogen and oxygen atoms in total. The van der Waals surface area contributed by atoms with Crippen molar-refractivity contribution in [3.05, 3.63) is 119 Å². The third-order valence-electron chi connectivity index (χ3n) is 5.20. The maximum atomic E-state index is 10.0. The Morgan fingerprint density at radius 3 is 1.88 bits per heavy atom. The number of hydrogen-bond acceptors (Lipinski definition) is 1. The number of hydrogen-bond donors (Lipinski definition) is 1. The molecule has 5 rings (SSSR count). The third-order valence-corrected chi connectivity index (χ3v) is 5.20. The average molecular weight is 334 g/mol. The molecule has 0 heterocycles. The van der Waals surface area contributed by atoms with Crippen molar-refractivity contribution in [3.63, 3.8) is 0 Å². The Kier molecular flexibility index (Phi) is 3.48. The molecule has 26 heavy (non-hydrogen) atoms. The molecule has 1 aliphatic rings. The van der Waals surface area contributed by atoms with E-state index in [1.807, 2.05) is 12.1 Å². The van der Waals surface area contributed by atoms with Gasteiger partial charge in [0.25, 0.3) is 0 Å². The van der Waals surface area contributed by atoms with Crippen LogP contribution in [0.4, 0.5) is 0 Å². The zero-order valence-corrected chi connectivity index (χ0v) is 14.3. The molecule has 0 saturated heterocycles. The SMILES string of the molecule is OCc1ccc2cccc3c2c1C(c1ccccc1)=C3c1ccccc1. The molecule has 4 aromatic carbocycles. The summed E-state index contributed by atoms with van der Waals surface area (Å²) in [6.45, 7) is 0.0397. The summed E-state index contributed by atoms with van der Waals surface area (Å²) in [5, 5.41) is 12.5. The van der Waals surface area contributed by atoms with Gasteiger partial charge in [0, 0.05) is 0 Å². The van der Waals surface area contributed by atoms with E-state index < -0.39 is 0 Å². The molecule has 0 bridgehead atoms. The Morgan fingerprint density at radius 1 is 0.577 bits per heavy atom. The number of aliphatic hydroxyl groups is 1. The van der Waals surface area contributed by atoms with Crippen LogP contribution < -0.4 is 0 Å². The van der Waals surface area contributed by atoms with Crippen molar-refractivity contribution in [1.29, 1.82) is 0 Å². The second-order valence-electron chi connectivity index (χ2n) is 6.64. The topological polar surface area (TPSA) is 20.2 Å². The van der Waals surface area contributed by atoms with Gasteiger partial charge in [0.2, 0.25) is 0 Å². The molecular formula is C25H18O. The molecule has 124 valence electrons. The summed E-state index contributed by atoms with van der Waals surface area (Å²) in [5.74, 6) is 0. The second kappa shape index (κ2) is 5.98. The highest BCUT2D eigenvalue weighted by Gasteiger charge is 2.28. The van der Waals surface area contributed by atoms with E-state index in [4.69, 9.17) is 0 Å². The van der Waals surface area contributed by atoms with E-state index in [0.717, 1.165) is 5.56 Å². The first-order chi connectivity index (χ1) is 12.9. The van der Waals surface area contributed by atoms with Crippen LogP contribution in [-0.2, 0) is 6.61 Å². The minimum Gasteiger partial charge on any atom is -0.392 e. The van der Waals surface area contributed by atoms with Crippen molar-refractivity contribution in [3.8, 4) is 0 Å². The molecule has 0 amide bonds. The summed E-state index contributed by atoms with van der Waals surface area (Å²) >= 11 is 0.